The molecule has 0 aliphatic heterocycles. The first-order chi connectivity index (χ1) is 9.24. The second-order valence-electron chi connectivity index (χ2n) is 4.11. The van der Waals surface area contributed by atoms with Gasteiger partial charge in [-0.3, -0.25) is 4.57 Å². The summed E-state index contributed by atoms with van der Waals surface area (Å²) in [7, 11) is 0. The van der Waals surface area contributed by atoms with E-state index in [1.807, 2.05) is 30.3 Å². The van der Waals surface area contributed by atoms with Crippen LogP contribution in [0.3, 0.4) is 0 Å². The molecule has 1 N–H and O–H groups in total. The lowest BCUT2D eigenvalue weighted by Crippen LogP contribution is -2.19. The Bertz CT molecular complexity index is 762. The summed E-state index contributed by atoms with van der Waals surface area (Å²) in [6.07, 6.45) is 0. The minimum Gasteiger partial charge on any atom is -0.408 e. The second-order valence-corrected chi connectivity index (χ2v) is 4.55. The molecule has 96 valence electrons. The molecule has 3 rings (SSSR count). The number of rotatable bonds is 3. The number of hydrogen-bond acceptors (Lipinski definition) is 3. The van der Waals surface area contributed by atoms with Crippen LogP contribution in [0.15, 0.2) is 57.7 Å². The summed E-state index contributed by atoms with van der Waals surface area (Å²) in [5, 5.41) is 3.73. The summed E-state index contributed by atoms with van der Waals surface area (Å²) < 4.78 is 6.66. The monoisotopic (exact) mass is 274 g/mol. The van der Waals surface area contributed by atoms with E-state index < -0.39 is 5.76 Å². The SMILES string of the molecule is O=c1oc2ccc(Cl)cc2n1CNc1ccccc1. The molecule has 0 aliphatic rings. The number of benzene rings is 2. The predicted molar refractivity (Wildman–Crippen MR) is 75.5 cm³/mol. The number of nitrogens with one attached hydrogen (secondary N) is 1. The number of para-hydroxylation sites is 1. The Morgan fingerprint density at radius 3 is 2.74 bits per heavy atom. The highest BCUT2D eigenvalue weighted by Crippen LogP contribution is 2.18. The van der Waals surface area contributed by atoms with Crippen LogP contribution in [0.25, 0.3) is 11.1 Å². The predicted octanol–water partition coefficient (Wildman–Crippen LogP) is 3.32. The van der Waals surface area contributed by atoms with Crippen molar-refractivity contribution < 1.29 is 4.42 Å². The van der Waals surface area contributed by atoms with Gasteiger partial charge in [0.1, 0.15) is 0 Å². The molecule has 0 spiro atoms. The van der Waals surface area contributed by atoms with Gasteiger partial charge in [-0.05, 0) is 30.3 Å². The van der Waals surface area contributed by atoms with E-state index in [1.54, 1.807) is 18.2 Å². The van der Waals surface area contributed by atoms with Gasteiger partial charge < -0.3 is 9.73 Å². The molecule has 0 fully saturated rings. The normalized spacial score (nSPS) is 10.8. The minimum absolute atomic E-state index is 0.330. The van der Waals surface area contributed by atoms with E-state index >= 15 is 0 Å². The van der Waals surface area contributed by atoms with Gasteiger partial charge in [-0.2, -0.15) is 0 Å². The largest absolute Gasteiger partial charge is 0.421 e. The Morgan fingerprint density at radius 1 is 1.16 bits per heavy atom. The third-order valence-corrected chi connectivity index (χ3v) is 3.08. The van der Waals surface area contributed by atoms with Gasteiger partial charge in [0.15, 0.2) is 5.58 Å². The third-order valence-electron chi connectivity index (χ3n) is 2.84. The lowest BCUT2D eigenvalue weighted by atomic mass is 10.3. The molecule has 5 heteroatoms. The van der Waals surface area contributed by atoms with Gasteiger partial charge in [0.25, 0.3) is 0 Å². The summed E-state index contributed by atoms with van der Waals surface area (Å²) in [6, 6.07) is 14.8. The van der Waals surface area contributed by atoms with Crippen LogP contribution in [0, 0.1) is 0 Å². The fourth-order valence-electron chi connectivity index (χ4n) is 1.91. The second kappa shape index (κ2) is 4.82. The van der Waals surface area contributed by atoms with Gasteiger partial charge in [-0.25, -0.2) is 4.79 Å². The van der Waals surface area contributed by atoms with Crippen LogP contribution in [-0.2, 0) is 6.67 Å². The van der Waals surface area contributed by atoms with Crippen molar-refractivity contribution in [1.29, 1.82) is 0 Å². The summed E-state index contributed by atoms with van der Waals surface area (Å²) in [4.78, 5) is 11.8. The van der Waals surface area contributed by atoms with Gasteiger partial charge >= 0.3 is 5.76 Å². The number of oxazole rings is 1. The van der Waals surface area contributed by atoms with Crippen molar-refractivity contribution >= 4 is 28.4 Å². The van der Waals surface area contributed by atoms with Crippen LogP contribution in [0.2, 0.25) is 5.02 Å². The first kappa shape index (κ1) is 11.9. The van der Waals surface area contributed by atoms with Gasteiger partial charge in [0.05, 0.1) is 12.2 Å². The van der Waals surface area contributed by atoms with Gasteiger partial charge in [0.2, 0.25) is 0 Å². The van der Waals surface area contributed by atoms with Crippen molar-refractivity contribution in [3.63, 3.8) is 0 Å². The third kappa shape index (κ3) is 2.35. The summed E-state index contributed by atoms with van der Waals surface area (Å²) in [6.45, 7) is 0.330. The van der Waals surface area contributed by atoms with Gasteiger partial charge in [0, 0.05) is 10.7 Å². The van der Waals surface area contributed by atoms with E-state index in [-0.39, 0.29) is 0 Å². The highest BCUT2D eigenvalue weighted by atomic mass is 35.5. The zero-order valence-corrected chi connectivity index (χ0v) is 10.7. The number of fused-ring (bicyclic) bond motifs is 1. The van der Waals surface area contributed by atoms with Crippen molar-refractivity contribution in [2.24, 2.45) is 0 Å². The smallest absolute Gasteiger partial charge is 0.408 e. The average Bonchev–Trinajstić information content (AvgIpc) is 2.73. The minimum atomic E-state index is -0.402. The van der Waals surface area contributed by atoms with Crippen LogP contribution >= 0.6 is 11.6 Å². The number of aromatic nitrogens is 1. The maximum Gasteiger partial charge on any atom is 0.421 e. The van der Waals surface area contributed by atoms with Crippen molar-refractivity contribution in [3.05, 3.63) is 64.1 Å². The first-order valence-corrected chi connectivity index (χ1v) is 6.20. The quantitative estimate of drug-likeness (QED) is 0.797. The molecule has 3 aromatic rings. The Labute approximate surface area is 114 Å². The zero-order chi connectivity index (χ0) is 13.2. The molecule has 1 heterocycles. The highest BCUT2D eigenvalue weighted by molar-refractivity contribution is 6.31. The fourth-order valence-corrected chi connectivity index (χ4v) is 2.08. The topological polar surface area (TPSA) is 47.2 Å². The molecule has 0 bridgehead atoms. The Balaban J connectivity index is 1.94. The van der Waals surface area contributed by atoms with Crippen LogP contribution in [-0.4, -0.2) is 4.57 Å². The number of halogens is 1. The molecule has 0 saturated carbocycles. The first-order valence-electron chi connectivity index (χ1n) is 5.82. The summed E-state index contributed by atoms with van der Waals surface area (Å²) in [5.74, 6) is -0.402. The molecule has 0 saturated heterocycles. The van der Waals surface area contributed by atoms with E-state index in [1.165, 1.54) is 4.57 Å². The Morgan fingerprint density at radius 2 is 1.95 bits per heavy atom. The standard InChI is InChI=1S/C14H11ClN2O2/c15-10-6-7-13-12(8-10)17(14(18)19-13)9-16-11-4-2-1-3-5-11/h1-8,16H,9H2. The molecule has 0 aliphatic carbocycles. The van der Waals surface area contributed by atoms with Crippen molar-refractivity contribution in [3.8, 4) is 0 Å². The van der Waals surface area contributed by atoms with E-state index in [9.17, 15) is 4.79 Å². The number of hydrogen-bond donors (Lipinski definition) is 1. The lowest BCUT2D eigenvalue weighted by molar-refractivity contribution is 0.515. The number of nitrogens with zero attached hydrogens (tertiary/aromatic N) is 1. The zero-order valence-electron chi connectivity index (χ0n) is 9.97. The lowest BCUT2D eigenvalue weighted by Gasteiger charge is -2.06. The van der Waals surface area contributed by atoms with Crippen molar-refractivity contribution in [1.82, 2.24) is 4.57 Å². The van der Waals surface area contributed by atoms with E-state index in [2.05, 4.69) is 5.32 Å². The van der Waals surface area contributed by atoms with Crippen molar-refractivity contribution in [2.75, 3.05) is 5.32 Å². The molecule has 0 amide bonds. The van der Waals surface area contributed by atoms with Crippen molar-refractivity contribution in [2.45, 2.75) is 6.67 Å². The Hall–Kier alpha value is -2.20. The van der Waals surface area contributed by atoms with Gasteiger partial charge in [-0.15, -0.1) is 0 Å². The highest BCUT2D eigenvalue weighted by Gasteiger charge is 2.09. The maximum atomic E-state index is 11.8. The molecule has 0 atom stereocenters. The molecular formula is C14H11ClN2O2. The van der Waals surface area contributed by atoms with E-state index in [0.717, 1.165) is 5.69 Å². The summed E-state index contributed by atoms with van der Waals surface area (Å²) >= 11 is 5.94. The molecule has 2 aromatic carbocycles. The van der Waals surface area contributed by atoms with Crippen LogP contribution < -0.4 is 11.1 Å². The van der Waals surface area contributed by atoms with E-state index in [0.29, 0.717) is 22.8 Å². The molecule has 0 radical (unpaired) electrons. The molecule has 0 unspecified atom stereocenters. The molecular weight excluding hydrogens is 264 g/mol. The number of anilines is 1. The molecule has 1 aromatic heterocycles. The summed E-state index contributed by atoms with van der Waals surface area (Å²) in [5.41, 5.74) is 2.15. The van der Waals surface area contributed by atoms with Crippen LogP contribution in [0.4, 0.5) is 5.69 Å². The van der Waals surface area contributed by atoms with E-state index in [4.69, 9.17) is 16.0 Å². The maximum absolute atomic E-state index is 11.8. The van der Waals surface area contributed by atoms with Gasteiger partial charge in [-0.1, -0.05) is 29.8 Å². The van der Waals surface area contributed by atoms with Crippen LogP contribution in [0.5, 0.6) is 0 Å². The molecule has 4 nitrogen and oxygen atoms in total. The fraction of sp³-hybridized carbons (Fsp3) is 0.0714. The van der Waals surface area contributed by atoms with Crippen LogP contribution in [0.1, 0.15) is 0 Å². The average molecular weight is 275 g/mol. The molecule has 19 heavy (non-hydrogen) atoms. The Kier molecular flexibility index (Phi) is 3.01.